The number of hydrogen-bond donors (Lipinski definition) is 1. The molecule has 2 aromatic rings. The van der Waals surface area contributed by atoms with Crippen LogP contribution in [-0.2, 0) is 16.1 Å². The van der Waals surface area contributed by atoms with Crippen molar-refractivity contribution in [3.63, 3.8) is 0 Å². The Kier molecular flexibility index (Phi) is 5.50. The molecule has 1 aromatic heterocycles. The van der Waals surface area contributed by atoms with Crippen molar-refractivity contribution < 1.29 is 9.53 Å². The molecule has 7 heteroatoms. The smallest absolute Gasteiger partial charge is 0.262 e. The second-order valence-electron chi connectivity index (χ2n) is 7.44. The molecule has 1 amide bonds. The number of amides is 1. The van der Waals surface area contributed by atoms with Gasteiger partial charge in [0, 0.05) is 12.6 Å². The van der Waals surface area contributed by atoms with Crippen LogP contribution in [0.25, 0.3) is 10.9 Å². The van der Waals surface area contributed by atoms with Crippen LogP contribution >= 0.6 is 11.8 Å². The van der Waals surface area contributed by atoms with Crippen LogP contribution in [0.5, 0.6) is 0 Å². The minimum atomic E-state index is -0.0645. The van der Waals surface area contributed by atoms with Crippen molar-refractivity contribution in [3.8, 4) is 0 Å². The summed E-state index contributed by atoms with van der Waals surface area (Å²) in [4.78, 5) is 30.0. The van der Waals surface area contributed by atoms with Gasteiger partial charge in [-0.05, 0) is 50.7 Å². The molecule has 144 valence electrons. The molecule has 2 heterocycles. The molecule has 1 saturated heterocycles. The first-order chi connectivity index (χ1) is 13.1. The molecule has 6 nitrogen and oxygen atoms in total. The summed E-state index contributed by atoms with van der Waals surface area (Å²) in [5.74, 6) is 0.869. The van der Waals surface area contributed by atoms with Gasteiger partial charge in [0.05, 0.1) is 29.3 Å². The lowest BCUT2D eigenvalue weighted by atomic mass is 10.2. The van der Waals surface area contributed by atoms with E-state index in [2.05, 4.69) is 17.2 Å². The van der Waals surface area contributed by atoms with Gasteiger partial charge in [-0.1, -0.05) is 23.9 Å². The topological polar surface area (TPSA) is 73.2 Å². The first-order valence-corrected chi connectivity index (χ1v) is 10.6. The first kappa shape index (κ1) is 18.5. The molecule has 1 aliphatic carbocycles. The minimum Gasteiger partial charge on any atom is -0.376 e. The maximum absolute atomic E-state index is 13.0. The van der Waals surface area contributed by atoms with Gasteiger partial charge in [-0.25, -0.2) is 4.98 Å². The number of ether oxygens (including phenoxy) is 1. The van der Waals surface area contributed by atoms with Crippen molar-refractivity contribution >= 4 is 28.6 Å². The minimum absolute atomic E-state index is 0.00882. The number of benzene rings is 1. The summed E-state index contributed by atoms with van der Waals surface area (Å²) >= 11 is 1.33. The quantitative estimate of drug-likeness (QED) is 0.584. The lowest BCUT2D eigenvalue weighted by Crippen LogP contribution is -2.35. The molecule has 1 saturated carbocycles. The molecule has 0 unspecified atom stereocenters. The van der Waals surface area contributed by atoms with Crippen molar-refractivity contribution in [1.82, 2.24) is 14.9 Å². The Hall–Kier alpha value is -1.86. The lowest BCUT2D eigenvalue weighted by molar-refractivity contribution is -0.119. The molecule has 1 aliphatic heterocycles. The molecule has 27 heavy (non-hydrogen) atoms. The Labute approximate surface area is 162 Å². The van der Waals surface area contributed by atoms with E-state index in [9.17, 15) is 9.59 Å². The maximum atomic E-state index is 13.0. The fourth-order valence-corrected chi connectivity index (χ4v) is 4.37. The SMILES string of the molecule is C[C@H](NC(=O)CSc1nc2ccccc2c(=O)n1C[C@@H]1CCCO1)C1CC1. The van der Waals surface area contributed by atoms with Gasteiger partial charge in [-0.2, -0.15) is 0 Å². The van der Waals surface area contributed by atoms with Gasteiger partial charge in [-0.15, -0.1) is 0 Å². The van der Waals surface area contributed by atoms with Crippen molar-refractivity contribution in [2.75, 3.05) is 12.4 Å². The maximum Gasteiger partial charge on any atom is 0.262 e. The van der Waals surface area contributed by atoms with Crippen molar-refractivity contribution in [3.05, 3.63) is 34.6 Å². The summed E-state index contributed by atoms with van der Waals surface area (Å²) in [7, 11) is 0. The Bertz CT molecular complexity index is 888. The van der Waals surface area contributed by atoms with Crippen LogP contribution in [0.3, 0.4) is 0 Å². The van der Waals surface area contributed by atoms with Crippen molar-refractivity contribution in [2.24, 2.45) is 5.92 Å². The highest BCUT2D eigenvalue weighted by molar-refractivity contribution is 7.99. The summed E-state index contributed by atoms with van der Waals surface area (Å²) in [6.45, 7) is 3.28. The van der Waals surface area contributed by atoms with E-state index in [1.807, 2.05) is 18.2 Å². The number of fused-ring (bicyclic) bond motifs is 1. The zero-order chi connectivity index (χ0) is 18.8. The third-order valence-electron chi connectivity index (χ3n) is 5.29. The zero-order valence-electron chi connectivity index (χ0n) is 15.5. The van der Waals surface area contributed by atoms with Crippen LogP contribution in [0, 0.1) is 5.92 Å². The van der Waals surface area contributed by atoms with Gasteiger partial charge >= 0.3 is 0 Å². The van der Waals surface area contributed by atoms with Crippen molar-refractivity contribution in [1.29, 1.82) is 0 Å². The summed E-state index contributed by atoms with van der Waals surface area (Å²) in [5.41, 5.74) is 0.603. The highest BCUT2D eigenvalue weighted by Gasteiger charge is 2.29. The van der Waals surface area contributed by atoms with Gasteiger partial charge in [0.25, 0.3) is 5.56 Å². The van der Waals surface area contributed by atoms with Gasteiger partial charge in [0.2, 0.25) is 5.91 Å². The predicted octanol–water partition coefficient (Wildman–Crippen LogP) is 2.58. The predicted molar refractivity (Wildman–Crippen MR) is 106 cm³/mol. The van der Waals surface area contributed by atoms with Crippen LogP contribution in [0.4, 0.5) is 0 Å². The molecule has 1 N–H and O–H groups in total. The van der Waals surface area contributed by atoms with Gasteiger partial charge < -0.3 is 10.1 Å². The lowest BCUT2D eigenvalue weighted by Gasteiger charge is -2.17. The molecule has 2 aliphatic rings. The van der Waals surface area contributed by atoms with E-state index in [0.29, 0.717) is 28.5 Å². The average molecular weight is 388 g/mol. The number of para-hydroxylation sites is 1. The molecule has 2 atom stereocenters. The van der Waals surface area contributed by atoms with E-state index in [4.69, 9.17) is 4.74 Å². The van der Waals surface area contributed by atoms with Crippen LogP contribution in [0.1, 0.15) is 32.6 Å². The number of nitrogens with zero attached hydrogens (tertiary/aromatic N) is 2. The van der Waals surface area contributed by atoms with Crippen LogP contribution in [0.15, 0.2) is 34.2 Å². The highest BCUT2D eigenvalue weighted by atomic mass is 32.2. The van der Waals surface area contributed by atoms with Gasteiger partial charge in [0.15, 0.2) is 5.16 Å². The van der Waals surface area contributed by atoms with Gasteiger partial charge in [0.1, 0.15) is 0 Å². The summed E-state index contributed by atoms with van der Waals surface area (Å²) in [6.07, 6.45) is 4.39. The third kappa shape index (κ3) is 4.35. The molecule has 1 aromatic carbocycles. The van der Waals surface area contributed by atoms with E-state index in [0.717, 1.165) is 19.4 Å². The van der Waals surface area contributed by atoms with Crippen LogP contribution in [-0.4, -0.2) is 40.0 Å². The number of thioether (sulfide) groups is 1. The fraction of sp³-hybridized carbons (Fsp3) is 0.550. The molecular weight excluding hydrogens is 362 g/mol. The third-order valence-corrected chi connectivity index (χ3v) is 6.26. The zero-order valence-corrected chi connectivity index (χ0v) is 16.3. The van der Waals surface area contributed by atoms with E-state index in [1.165, 1.54) is 24.6 Å². The largest absolute Gasteiger partial charge is 0.376 e. The number of hydrogen-bond acceptors (Lipinski definition) is 5. The van der Waals surface area contributed by atoms with Crippen molar-refractivity contribution in [2.45, 2.75) is 56.5 Å². The molecular formula is C20H25N3O3S. The summed E-state index contributed by atoms with van der Waals surface area (Å²) < 4.78 is 7.40. The molecule has 4 rings (SSSR count). The second-order valence-corrected chi connectivity index (χ2v) is 8.39. The standard InChI is InChI=1S/C20H25N3O3S/c1-13(14-8-9-14)21-18(24)12-27-20-22-17-7-3-2-6-16(17)19(25)23(20)11-15-5-4-10-26-15/h2-3,6-7,13-15H,4-5,8-12H2,1H3,(H,21,24)/t13-,15-/m0/s1. The Morgan fingerprint density at radius 1 is 1.37 bits per heavy atom. The van der Waals surface area contributed by atoms with E-state index < -0.39 is 0 Å². The molecule has 2 fully saturated rings. The Balaban J connectivity index is 1.55. The average Bonchev–Trinajstić information content (AvgIpc) is 3.40. The molecule has 0 spiro atoms. The number of carbonyl (C=O) groups is 1. The summed E-state index contributed by atoms with van der Waals surface area (Å²) in [6, 6.07) is 7.58. The number of nitrogens with one attached hydrogen (secondary N) is 1. The summed E-state index contributed by atoms with van der Waals surface area (Å²) in [5, 5.41) is 4.25. The molecule has 0 radical (unpaired) electrons. The van der Waals surface area contributed by atoms with Crippen LogP contribution < -0.4 is 10.9 Å². The molecule has 0 bridgehead atoms. The van der Waals surface area contributed by atoms with Gasteiger partial charge in [-0.3, -0.25) is 14.2 Å². The number of carbonyl (C=O) groups excluding carboxylic acids is 1. The first-order valence-electron chi connectivity index (χ1n) is 9.65. The Morgan fingerprint density at radius 2 is 2.19 bits per heavy atom. The van der Waals surface area contributed by atoms with E-state index in [-0.39, 0.29) is 29.4 Å². The highest BCUT2D eigenvalue weighted by Crippen LogP contribution is 2.32. The number of aromatic nitrogens is 2. The fourth-order valence-electron chi connectivity index (χ4n) is 3.55. The van der Waals surface area contributed by atoms with Crippen LogP contribution in [0.2, 0.25) is 0 Å². The van der Waals surface area contributed by atoms with E-state index in [1.54, 1.807) is 10.6 Å². The van der Waals surface area contributed by atoms with E-state index >= 15 is 0 Å². The number of rotatable bonds is 7. The normalized spacial score (nSPS) is 20.7. The Morgan fingerprint density at radius 3 is 2.93 bits per heavy atom. The monoisotopic (exact) mass is 387 g/mol. The second kappa shape index (κ2) is 8.02.